The molecule has 39 heavy (non-hydrogen) atoms. The number of aliphatic carboxylic acids is 2. The van der Waals surface area contributed by atoms with Crippen molar-refractivity contribution in [3.05, 3.63) is 107 Å². The molecule has 0 aromatic heterocycles. The number of carbonyl (C=O) groups excluding carboxylic acids is 1. The van der Waals surface area contributed by atoms with E-state index in [0.29, 0.717) is 30.7 Å². The molecule has 0 saturated carbocycles. The summed E-state index contributed by atoms with van der Waals surface area (Å²) in [7, 11) is 0. The Labute approximate surface area is 228 Å². The molecule has 7 heteroatoms. The van der Waals surface area contributed by atoms with E-state index in [-0.39, 0.29) is 11.3 Å². The number of aliphatic hydroxyl groups is 1. The van der Waals surface area contributed by atoms with Crippen molar-refractivity contribution in [2.45, 2.75) is 43.6 Å². The zero-order chi connectivity index (χ0) is 27.8. The van der Waals surface area contributed by atoms with Gasteiger partial charge >= 0.3 is 11.9 Å². The molecular weight excluding hydrogens is 494 g/mol. The minimum Gasteiger partial charge on any atom is -0.480 e. The molecule has 0 spiro atoms. The van der Waals surface area contributed by atoms with E-state index in [1.165, 1.54) is 24.3 Å². The van der Waals surface area contributed by atoms with Gasteiger partial charge in [0.1, 0.15) is 5.60 Å². The smallest absolute Gasteiger partial charge is 0.322 e. The fourth-order valence-corrected chi connectivity index (χ4v) is 5.52. The lowest BCUT2D eigenvalue weighted by atomic mass is 9.76. The molecule has 1 saturated heterocycles. The predicted molar refractivity (Wildman–Crippen MR) is 148 cm³/mol. The van der Waals surface area contributed by atoms with Crippen LogP contribution in [-0.2, 0) is 15.2 Å². The van der Waals surface area contributed by atoms with Crippen LogP contribution in [0.3, 0.4) is 0 Å². The Morgan fingerprint density at radius 1 is 0.795 bits per heavy atom. The number of Topliss-reactive ketones (excluding diaryl/α,β-unsaturated/α-hetero) is 1. The van der Waals surface area contributed by atoms with Gasteiger partial charge in [-0.1, -0.05) is 84.9 Å². The van der Waals surface area contributed by atoms with Crippen molar-refractivity contribution in [3.8, 4) is 0 Å². The van der Waals surface area contributed by atoms with Crippen molar-refractivity contribution in [3.63, 3.8) is 0 Å². The Hall–Kier alpha value is -3.81. The molecule has 0 aliphatic carbocycles. The number of rotatable bonds is 12. The van der Waals surface area contributed by atoms with Crippen molar-refractivity contribution in [2.24, 2.45) is 5.92 Å². The zero-order valence-corrected chi connectivity index (χ0v) is 21.9. The number of piperidine rings is 1. The van der Waals surface area contributed by atoms with Gasteiger partial charge in [-0.3, -0.25) is 14.4 Å². The van der Waals surface area contributed by atoms with Crippen molar-refractivity contribution in [2.75, 3.05) is 19.6 Å². The Balaban J connectivity index is 1.27. The minimum absolute atomic E-state index is 0.0468. The van der Waals surface area contributed by atoms with E-state index in [1.807, 2.05) is 60.7 Å². The monoisotopic (exact) mass is 529 g/mol. The third-order valence-corrected chi connectivity index (χ3v) is 7.73. The molecule has 7 nitrogen and oxygen atoms in total. The number of hydrogen-bond donors (Lipinski definition) is 3. The van der Waals surface area contributed by atoms with Crippen molar-refractivity contribution < 1.29 is 29.7 Å². The van der Waals surface area contributed by atoms with E-state index < -0.39 is 23.5 Å². The Morgan fingerprint density at radius 2 is 1.31 bits per heavy atom. The van der Waals surface area contributed by atoms with Crippen LogP contribution >= 0.6 is 0 Å². The van der Waals surface area contributed by atoms with E-state index in [2.05, 4.69) is 4.90 Å². The van der Waals surface area contributed by atoms with Gasteiger partial charge < -0.3 is 20.2 Å². The van der Waals surface area contributed by atoms with Crippen molar-refractivity contribution >= 4 is 17.7 Å². The number of carboxylic acid groups (broad SMARTS) is 2. The Kier molecular flexibility index (Phi) is 9.28. The van der Waals surface area contributed by atoms with Gasteiger partial charge in [0, 0.05) is 12.0 Å². The first kappa shape index (κ1) is 28.2. The summed E-state index contributed by atoms with van der Waals surface area (Å²) in [5.74, 6) is -4.18. The summed E-state index contributed by atoms with van der Waals surface area (Å²) < 4.78 is 0. The number of carbonyl (C=O) groups is 3. The molecule has 3 N–H and O–H groups in total. The van der Waals surface area contributed by atoms with Crippen LogP contribution in [0, 0.1) is 5.92 Å². The molecule has 1 aliphatic rings. The maximum atomic E-state index is 12.6. The molecule has 1 aliphatic heterocycles. The highest BCUT2D eigenvalue weighted by atomic mass is 16.4. The normalized spacial score (nSPS) is 14.8. The maximum absolute atomic E-state index is 12.6. The number of nitrogens with zero attached hydrogens (tertiary/aromatic N) is 1. The third-order valence-electron chi connectivity index (χ3n) is 7.73. The average molecular weight is 530 g/mol. The minimum atomic E-state index is -1.64. The van der Waals surface area contributed by atoms with Crippen LogP contribution in [0.1, 0.15) is 65.1 Å². The van der Waals surface area contributed by atoms with Gasteiger partial charge in [0.05, 0.1) is 0 Å². The van der Waals surface area contributed by atoms with E-state index in [1.54, 1.807) is 0 Å². The summed E-state index contributed by atoms with van der Waals surface area (Å²) in [6.45, 7) is 2.64. The van der Waals surface area contributed by atoms with Gasteiger partial charge in [-0.2, -0.15) is 0 Å². The lowest BCUT2D eigenvalue weighted by Crippen LogP contribution is -2.38. The molecule has 0 unspecified atom stereocenters. The molecule has 0 radical (unpaired) electrons. The number of carboxylic acids is 2. The first-order valence-electron chi connectivity index (χ1n) is 13.4. The molecule has 0 amide bonds. The van der Waals surface area contributed by atoms with Crippen LogP contribution in [0.4, 0.5) is 0 Å². The predicted octanol–water partition coefficient (Wildman–Crippen LogP) is 4.94. The second-order valence-electron chi connectivity index (χ2n) is 10.3. The highest BCUT2D eigenvalue weighted by molar-refractivity contribution is 6.00. The van der Waals surface area contributed by atoms with E-state index in [9.17, 15) is 19.5 Å². The van der Waals surface area contributed by atoms with Gasteiger partial charge in [0.15, 0.2) is 11.7 Å². The van der Waals surface area contributed by atoms with Gasteiger partial charge in [0.2, 0.25) is 0 Å². The van der Waals surface area contributed by atoms with Gasteiger partial charge in [-0.05, 0) is 67.9 Å². The van der Waals surface area contributed by atoms with Gasteiger partial charge in [0.25, 0.3) is 0 Å². The number of ketones is 1. The van der Waals surface area contributed by atoms with Gasteiger partial charge in [-0.15, -0.1) is 0 Å². The second kappa shape index (κ2) is 12.8. The molecule has 204 valence electrons. The van der Waals surface area contributed by atoms with E-state index >= 15 is 0 Å². The first-order chi connectivity index (χ1) is 18.8. The average Bonchev–Trinajstić information content (AvgIpc) is 2.95. The van der Waals surface area contributed by atoms with Crippen LogP contribution in [0.15, 0.2) is 84.9 Å². The Bertz CT molecular complexity index is 1200. The van der Waals surface area contributed by atoms with Crippen molar-refractivity contribution in [1.82, 2.24) is 4.90 Å². The molecule has 3 aromatic carbocycles. The second-order valence-corrected chi connectivity index (χ2v) is 10.3. The summed E-state index contributed by atoms with van der Waals surface area (Å²) in [6, 6.07) is 25.5. The van der Waals surface area contributed by atoms with Crippen LogP contribution < -0.4 is 0 Å². The molecule has 3 aromatic rings. The number of likely N-dealkylation sites (tertiary alicyclic amines) is 1. The fourth-order valence-electron chi connectivity index (χ4n) is 5.52. The number of benzene rings is 3. The summed E-state index contributed by atoms with van der Waals surface area (Å²) in [4.78, 5) is 37.4. The molecule has 0 bridgehead atoms. The quantitative estimate of drug-likeness (QED) is 0.225. The lowest BCUT2D eigenvalue weighted by molar-refractivity contribution is -0.150. The van der Waals surface area contributed by atoms with Crippen LogP contribution in [0.25, 0.3) is 0 Å². The van der Waals surface area contributed by atoms with E-state index in [4.69, 9.17) is 10.2 Å². The van der Waals surface area contributed by atoms with Gasteiger partial charge in [-0.25, -0.2) is 0 Å². The summed E-state index contributed by atoms with van der Waals surface area (Å²) in [5, 5.41) is 30.1. The maximum Gasteiger partial charge on any atom is 0.322 e. The van der Waals surface area contributed by atoms with E-state index in [0.717, 1.165) is 43.6 Å². The molecule has 0 atom stereocenters. The number of hydrogen-bond acceptors (Lipinski definition) is 5. The third kappa shape index (κ3) is 6.99. The van der Waals surface area contributed by atoms with Crippen LogP contribution in [0.2, 0.25) is 0 Å². The van der Waals surface area contributed by atoms with Crippen LogP contribution in [-0.4, -0.2) is 57.6 Å². The topological polar surface area (TPSA) is 115 Å². The zero-order valence-electron chi connectivity index (χ0n) is 21.9. The highest BCUT2D eigenvalue weighted by Crippen LogP contribution is 2.38. The summed E-state index contributed by atoms with van der Waals surface area (Å²) in [5.41, 5.74) is 1.37. The molecular formula is C32H35NO6. The summed E-state index contributed by atoms with van der Waals surface area (Å²) in [6.07, 6.45) is 3.68. The van der Waals surface area contributed by atoms with Crippen molar-refractivity contribution in [1.29, 1.82) is 0 Å². The SMILES string of the molecule is O=C(CCCN1CCC(CC(O)(c2ccccc2)c2ccccc2)CC1)c1ccc(C(C(=O)O)C(=O)O)cc1. The fraction of sp³-hybridized carbons (Fsp3) is 0.344. The largest absolute Gasteiger partial charge is 0.480 e. The summed E-state index contributed by atoms with van der Waals surface area (Å²) >= 11 is 0. The molecule has 4 rings (SSSR count). The molecule has 1 heterocycles. The van der Waals surface area contributed by atoms with Crippen LogP contribution in [0.5, 0.6) is 0 Å². The highest BCUT2D eigenvalue weighted by Gasteiger charge is 2.35. The molecule has 1 fully saturated rings. The Morgan fingerprint density at radius 3 is 1.79 bits per heavy atom. The standard InChI is InChI=1S/C32H35NO6/c34-28(24-13-15-25(16-14-24)29(30(35)36)31(37)38)12-7-19-33-20-17-23(18-21-33)22-32(39,26-8-3-1-4-9-26)27-10-5-2-6-11-27/h1-6,8-11,13-16,23,29,39H,7,12,17-22H2,(H,35,36)(H,37,38). The lowest BCUT2D eigenvalue weighted by Gasteiger charge is -2.37. The first-order valence-corrected chi connectivity index (χ1v) is 13.4.